The first kappa shape index (κ1) is 21.9. The third-order valence-electron chi connectivity index (χ3n) is 4.92. The molecule has 1 saturated heterocycles. The summed E-state index contributed by atoms with van der Waals surface area (Å²) in [5.74, 6) is 0. The predicted molar refractivity (Wildman–Crippen MR) is 111 cm³/mol. The summed E-state index contributed by atoms with van der Waals surface area (Å²) in [6.45, 7) is 1.70. The zero-order valence-corrected chi connectivity index (χ0v) is 18.0. The molecule has 29 heavy (non-hydrogen) atoms. The van der Waals surface area contributed by atoms with Gasteiger partial charge >= 0.3 is 0 Å². The van der Waals surface area contributed by atoms with Crippen LogP contribution in [0.15, 0.2) is 64.4 Å². The van der Waals surface area contributed by atoms with Gasteiger partial charge in [-0.3, -0.25) is 0 Å². The fraction of sp³-hybridized carbons (Fsp3) is 0.400. The largest absolute Gasteiger partial charge is 0.379 e. The molecule has 0 aromatic heterocycles. The van der Waals surface area contributed by atoms with Crippen LogP contribution in [0.5, 0.6) is 0 Å². The third-order valence-corrected chi connectivity index (χ3v) is 8.70. The minimum atomic E-state index is -3.68. The number of benzene rings is 2. The van der Waals surface area contributed by atoms with E-state index in [0.29, 0.717) is 39.3 Å². The summed E-state index contributed by atoms with van der Waals surface area (Å²) >= 11 is 0. The van der Waals surface area contributed by atoms with Crippen molar-refractivity contribution in [1.82, 2.24) is 8.61 Å². The molecule has 9 heteroatoms. The minimum absolute atomic E-state index is 0.0839. The average molecular weight is 439 g/mol. The molecular weight excluding hydrogens is 412 g/mol. The van der Waals surface area contributed by atoms with Gasteiger partial charge in [0.1, 0.15) is 0 Å². The highest BCUT2D eigenvalue weighted by Crippen LogP contribution is 2.21. The van der Waals surface area contributed by atoms with Crippen LogP contribution in [0, 0.1) is 0 Å². The highest BCUT2D eigenvalue weighted by molar-refractivity contribution is 7.89. The summed E-state index contributed by atoms with van der Waals surface area (Å²) in [4.78, 5) is 0.172. The van der Waals surface area contributed by atoms with E-state index in [9.17, 15) is 16.8 Å². The van der Waals surface area contributed by atoms with E-state index in [1.165, 1.54) is 32.9 Å². The molecule has 1 aliphatic rings. The normalized spacial score (nSPS) is 16.2. The fourth-order valence-corrected chi connectivity index (χ4v) is 5.79. The zero-order valence-electron chi connectivity index (χ0n) is 16.4. The van der Waals surface area contributed by atoms with Gasteiger partial charge in [0.15, 0.2) is 0 Å². The maximum atomic E-state index is 12.8. The molecule has 0 unspecified atom stereocenters. The van der Waals surface area contributed by atoms with E-state index in [0.717, 1.165) is 12.0 Å². The van der Waals surface area contributed by atoms with Crippen molar-refractivity contribution in [2.75, 3.05) is 39.9 Å². The van der Waals surface area contributed by atoms with Crippen molar-refractivity contribution in [3.05, 3.63) is 60.2 Å². The number of sulfonamides is 2. The number of aryl methyl sites for hydroxylation is 1. The molecule has 7 nitrogen and oxygen atoms in total. The van der Waals surface area contributed by atoms with E-state index < -0.39 is 20.0 Å². The highest BCUT2D eigenvalue weighted by atomic mass is 32.2. The van der Waals surface area contributed by atoms with Crippen LogP contribution in [0.25, 0.3) is 0 Å². The molecular formula is C20H26N2O5S2. The van der Waals surface area contributed by atoms with Gasteiger partial charge in [-0.2, -0.15) is 4.31 Å². The molecule has 2 aromatic carbocycles. The lowest BCUT2D eigenvalue weighted by Gasteiger charge is -2.26. The highest BCUT2D eigenvalue weighted by Gasteiger charge is 2.27. The van der Waals surface area contributed by atoms with Crippen LogP contribution in [-0.2, 0) is 31.2 Å². The Morgan fingerprint density at radius 2 is 1.48 bits per heavy atom. The van der Waals surface area contributed by atoms with Gasteiger partial charge in [0.2, 0.25) is 20.0 Å². The second kappa shape index (κ2) is 9.36. The van der Waals surface area contributed by atoms with Crippen molar-refractivity contribution in [3.8, 4) is 0 Å². The summed E-state index contributed by atoms with van der Waals surface area (Å²) in [6, 6.07) is 15.3. The van der Waals surface area contributed by atoms with Crippen LogP contribution >= 0.6 is 0 Å². The topological polar surface area (TPSA) is 84.0 Å². The third kappa shape index (κ3) is 5.23. The Hall–Kier alpha value is -1.78. The van der Waals surface area contributed by atoms with E-state index >= 15 is 0 Å². The van der Waals surface area contributed by atoms with Gasteiger partial charge in [0.05, 0.1) is 23.0 Å². The number of ether oxygens (including phenoxy) is 1. The first-order valence-electron chi connectivity index (χ1n) is 9.50. The Kier molecular flexibility index (Phi) is 7.07. The average Bonchev–Trinajstić information content (AvgIpc) is 2.75. The summed E-state index contributed by atoms with van der Waals surface area (Å²) in [5, 5.41) is 0. The summed E-state index contributed by atoms with van der Waals surface area (Å²) in [7, 11) is -5.78. The van der Waals surface area contributed by atoms with Gasteiger partial charge in [-0.1, -0.05) is 30.3 Å². The molecule has 0 N–H and O–H groups in total. The minimum Gasteiger partial charge on any atom is -0.379 e. The van der Waals surface area contributed by atoms with Crippen LogP contribution < -0.4 is 0 Å². The number of hydrogen-bond acceptors (Lipinski definition) is 5. The van der Waals surface area contributed by atoms with Crippen LogP contribution in [0.4, 0.5) is 0 Å². The summed E-state index contributed by atoms with van der Waals surface area (Å²) in [5.41, 5.74) is 1.16. The molecule has 0 amide bonds. The molecule has 0 spiro atoms. The van der Waals surface area contributed by atoms with Crippen molar-refractivity contribution in [2.24, 2.45) is 0 Å². The van der Waals surface area contributed by atoms with Crippen molar-refractivity contribution >= 4 is 20.0 Å². The number of hydrogen-bond donors (Lipinski definition) is 0. The molecule has 158 valence electrons. The molecule has 0 radical (unpaired) electrons. The Morgan fingerprint density at radius 1 is 0.897 bits per heavy atom. The van der Waals surface area contributed by atoms with Gasteiger partial charge in [0, 0.05) is 26.7 Å². The van der Waals surface area contributed by atoms with Crippen molar-refractivity contribution < 1.29 is 21.6 Å². The summed E-state index contributed by atoms with van der Waals surface area (Å²) in [6.07, 6.45) is 1.49. The maximum absolute atomic E-state index is 12.8. The molecule has 2 aromatic rings. The second-order valence-electron chi connectivity index (χ2n) is 6.90. The molecule has 0 aliphatic carbocycles. The Labute approximate surface area is 173 Å². The van der Waals surface area contributed by atoms with Crippen LogP contribution in [0.2, 0.25) is 0 Å². The first-order valence-corrected chi connectivity index (χ1v) is 12.4. The van der Waals surface area contributed by atoms with Crippen LogP contribution in [0.3, 0.4) is 0 Å². The fourth-order valence-electron chi connectivity index (χ4n) is 3.17. The van der Waals surface area contributed by atoms with E-state index in [-0.39, 0.29) is 9.79 Å². The number of nitrogens with zero attached hydrogens (tertiary/aromatic N) is 2. The van der Waals surface area contributed by atoms with E-state index in [4.69, 9.17) is 4.74 Å². The van der Waals surface area contributed by atoms with Gasteiger partial charge in [-0.15, -0.1) is 0 Å². The van der Waals surface area contributed by atoms with Gasteiger partial charge < -0.3 is 4.74 Å². The lowest BCUT2D eigenvalue weighted by molar-refractivity contribution is 0.0730. The maximum Gasteiger partial charge on any atom is 0.243 e. The second-order valence-corrected chi connectivity index (χ2v) is 10.9. The molecule has 1 heterocycles. The van der Waals surface area contributed by atoms with E-state index in [2.05, 4.69) is 0 Å². The lowest BCUT2D eigenvalue weighted by atomic mass is 10.1. The number of morpholine rings is 1. The molecule has 1 fully saturated rings. The van der Waals surface area contributed by atoms with Crippen molar-refractivity contribution in [3.63, 3.8) is 0 Å². The Morgan fingerprint density at radius 3 is 2.10 bits per heavy atom. The molecule has 1 aliphatic heterocycles. The predicted octanol–water partition coefficient (Wildman–Crippen LogP) is 1.96. The van der Waals surface area contributed by atoms with Gasteiger partial charge in [0.25, 0.3) is 0 Å². The Balaban J connectivity index is 1.65. The molecule has 0 bridgehead atoms. The van der Waals surface area contributed by atoms with Crippen LogP contribution in [0.1, 0.15) is 12.0 Å². The summed E-state index contributed by atoms with van der Waals surface area (Å²) < 4.78 is 58.8. The smallest absolute Gasteiger partial charge is 0.243 e. The van der Waals surface area contributed by atoms with Crippen LogP contribution in [-0.4, -0.2) is 65.3 Å². The van der Waals surface area contributed by atoms with Crippen molar-refractivity contribution in [1.29, 1.82) is 0 Å². The monoisotopic (exact) mass is 438 g/mol. The number of rotatable bonds is 8. The zero-order chi connectivity index (χ0) is 20.9. The molecule has 0 saturated carbocycles. The standard InChI is InChI=1S/C20H26N2O5S2/c1-21(13-5-8-18-6-3-2-4-7-18)28(23,24)19-9-11-20(12-10-19)29(25,26)22-14-16-27-17-15-22/h2-4,6-7,9-12H,5,8,13-17H2,1H3. The SMILES string of the molecule is CN(CCCc1ccccc1)S(=O)(=O)c1ccc(S(=O)(=O)N2CCOCC2)cc1. The Bertz CT molecular complexity index is 1000. The van der Waals surface area contributed by atoms with E-state index in [1.807, 2.05) is 30.3 Å². The molecule has 3 rings (SSSR count). The quantitative estimate of drug-likeness (QED) is 0.629. The van der Waals surface area contributed by atoms with Crippen molar-refractivity contribution in [2.45, 2.75) is 22.6 Å². The lowest BCUT2D eigenvalue weighted by Crippen LogP contribution is -2.40. The first-order chi connectivity index (χ1) is 13.8. The molecule has 0 atom stereocenters. The van der Waals surface area contributed by atoms with Gasteiger partial charge in [-0.05, 0) is 42.7 Å². The van der Waals surface area contributed by atoms with E-state index in [1.54, 1.807) is 7.05 Å². The van der Waals surface area contributed by atoms with Gasteiger partial charge in [-0.25, -0.2) is 21.1 Å².